The Bertz CT molecular complexity index is 603. The van der Waals surface area contributed by atoms with E-state index in [1.165, 1.54) is 0 Å². The van der Waals surface area contributed by atoms with Crippen molar-refractivity contribution in [3.63, 3.8) is 0 Å². The van der Waals surface area contributed by atoms with Crippen molar-refractivity contribution < 1.29 is 13.9 Å². The van der Waals surface area contributed by atoms with E-state index < -0.39 is 17.7 Å². The smallest absolute Gasteiger partial charge is 0.129 e. The molecular weight excluding hydrogens is 294 g/mol. The number of aromatic nitrogens is 1. The van der Waals surface area contributed by atoms with Crippen LogP contribution < -0.4 is 0 Å². The number of likely N-dealkylation sites (N-methyl/N-ethyl adjacent to an activating group) is 1. The molecule has 0 radical (unpaired) electrons. The summed E-state index contributed by atoms with van der Waals surface area (Å²) in [5, 5.41) is 11.1. The van der Waals surface area contributed by atoms with Gasteiger partial charge < -0.3 is 10.0 Å². The molecule has 3 nitrogen and oxygen atoms in total. The van der Waals surface area contributed by atoms with Crippen LogP contribution in [0.5, 0.6) is 0 Å². The van der Waals surface area contributed by atoms with Crippen LogP contribution in [0, 0.1) is 18.6 Å². The Morgan fingerprint density at radius 1 is 1.38 bits per heavy atom. The summed E-state index contributed by atoms with van der Waals surface area (Å²) in [6.07, 6.45) is 1.55. The molecule has 0 saturated heterocycles. The number of hydrogen-bond donors (Lipinski definition) is 1. The lowest BCUT2D eigenvalue weighted by Crippen LogP contribution is -2.27. The van der Waals surface area contributed by atoms with E-state index in [0.29, 0.717) is 6.54 Å². The molecular formula is C15H18F2N2OS. The maximum Gasteiger partial charge on any atom is 0.129 e. The molecule has 0 fully saturated rings. The molecule has 0 saturated carbocycles. The Hall–Kier alpha value is -1.37. The summed E-state index contributed by atoms with van der Waals surface area (Å²) in [5.41, 5.74) is -0.00746. The van der Waals surface area contributed by atoms with Gasteiger partial charge in [-0.25, -0.2) is 13.8 Å². The number of aryl methyl sites for hydroxylation is 1. The van der Waals surface area contributed by atoms with E-state index in [9.17, 15) is 13.9 Å². The molecule has 2 aromatic rings. The van der Waals surface area contributed by atoms with Crippen molar-refractivity contribution in [1.82, 2.24) is 9.88 Å². The van der Waals surface area contributed by atoms with E-state index in [1.54, 1.807) is 11.3 Å². The quantitative estimate of drug-likeness (QED) is 0.891. The van der Waals surface area contributed by atoms with Crippen molar-refractivity contribution >= 4 is 11.3 Å². The third-order valence-corrected chi connectivity index (χ3v) is 4.15. The standard InChI is InChI=1S/C15H18F2N2OS/c1-10-8-18-15(21-10)5-6-19(2)9-14(20)12-7-11(16)3-4-13(12)17/h3-4,7-8,14,20H,5-6,9H2,1-2H3. The minimum absolute atomic E-state index is 0.00746. The fourth-order valence-corrected chi connectivity index (χ4v) is 2.83. The van der Waals surface area contributed by atoms with Crippen molar-refractivity contribution in [2.24, 2.45) is 0 Å². The number of halogens is 2. The number of hydrogen-bond acceptors (Lipinski definition) is 4. The second kappa shape index (κ2) is 7.06. The Balaban J connectivity index is 1.89. The molecule has 0 aliphatic carbocycles. The monoisotopic (exact) mass is 312 g/mol. The van der Waals surface area contributed by atoms with Gasteiger partial charge in [0, 0.05) is 36.1 Å². The van der Waals surface area contributed by atoms with Crippen LogP contribution in [0.1, 0.15) is 21.6 Å². The van der Waals surface area contributed by atoms with Gasteiger partial charge in [0.25, 0.3) is 0 Å². The Morgan fingerprint density at radius 2 is 2.14 bits per heavy atom. The van der Waals surface area contributed by atoms with Gasteiger partial charge in [-0.05, 0) is 32.2 Å². The number of benzene rings is 1. The van der Waals surface area contributed by atoms with Crippen LogP contribution in [-0.4, -0.2) is 35.1 Å². The molecule has 0 aliphatic heterocycles. The average Bonchev–Trinajstić information content (AvgIpc) is 2.85. The van der Waals surface area contributed by atoms with E-state index in [-0.39, 0.29) is 12.1 Å². The number of aliphatic hydroxyl groups is 1. The van der Waals surface area contributed by atoms with Crippen molar-refractivity contribution in [2.75, 3.05) is 20.1 Å². The van der Waals surface area contributed by atoms with E-state index in [2.05, 4.69) is 4.98 Å². The second-order valence-electron chi connectivity index (χ2n) is 5.06. The van der Waals surface area contributed by atoms with Crippen LogP contribution in [-0.2, 0) is 6.42 Å². The minimum Gasteiger partial charge on any atom is -0.387 e. The second-order valence-corrected chi connectivity index (χ2v) is 6.38. The topological polar surface area (TPSA) is 36.4 Å². The molecule has 6 heteroatoms. The third kappa shape index (κ3) is 4.56. The predicted octanol–water partition coefficient (Wildman–Crippen LogP) is 2.94. The molecule has 114 valence electrons. The van der Waals surface area contributed by atoms with E-state index >= 15 is 0 Å². The highest BCUT2D eigenvalue weighted by Crippen LogP contribution is 2.19. The molecule has 1 N–H and O–H groups in total. The summed E-state index contributed by atoms with van der Waals surface area (Å²) in [7, 11) is 1.83. The molecule has 0 amide bonds. The van der Waals surface area contributed by atoms with E-state index in [0.717, 1.165) is 34.5 Å². The first-order valence-corrected chi connectivity index (χ1v) is 7.50. The van der Waals surface area contributed by atoms with Crippen LogP contribution in [0.3, 0.4) is 0 Å². The molecule has 2 rings (SSSR count). The zero-order valence-electron chi connectivity index (χ0n) is 12.0. The maximum atomic E-state index is 13.6. The van der Waals surface area contributed by atoms with Crippen molar-refractivity contribution in [3.8, 4) is 0 Å². The summed E-state index contributed by atoms with van der Waals surface area (Å²) >= 11 is 1.64. The third-order valence-electron chi connectivity index (χ3n) is 3.18. The van der Waals surface area contributed by atoms with E-state index in [1.807, 2.05) is 25.1 Å². The van der Waals surface area contributed by atoms with Crippen molar-refractivity contribution in [2.45, 2.75) is 19.4 Å². The molecule has 1 heterocycles. The van der Waals surface area contributed by atoms with Crippen LogP contribution >= 0.6 is 11.3 Å². The fourth-order valence-electron chi connectivity index (χ4n) is 2.06. The number of aliphatic hydroxyl groups excluding tert-OH is 1. The normalized spacial score (nSPS) is 12.9. The molecule has 0 bridgehead atoms. The molecule has 1 aromatic carbocycles. The van der Waals surface area contributed by atoms with Gasteiger partial charge in [0.2, 0.25) is 0 Å². The SMILES string of the molecule is Cc1cnc(CCN(C)CC(O)c2cc(F)ccc2F)s1. The first-order valence-electron chi connectivity index (χ1n) is 6.68. The summed E-state index contributed by atoms with van der Waals surface area (Å²) in [5.74, 6) is -1.14. The first-order chi connectivity index (χ1) is 9.95. The van der Waals surface area contributed by atoms with Gasteiger partial charge in [-0.3, -0.25) is 0 Å². The summed E-state index contributed by atoms with van der Waals surface area (Å²) in [6.45, 7) is 2.94. The molecule has 0 aliphatic rings. The first kappa shape index (κ1) is 16.0. The van der Waals surface area contributed by atoms with Gasteiger partial charge in [-0.2, -0.15) is 0 Å². The van der Waals surface area contributed by atoms with Gasteiger partial charge >= 0.3 is 0 Å². The van der Waals surface area contributed by atoms with Crippen molar-refractivity contribution in [1.29, 1.82) is 0 Å². The van der Waals surface area contributed by atoms with Crippen LogP contribution in [0.4, 0.5) is 8.78 Å². The molecule has 21 heavy (non-hydrogen) atoms. The maximum absolute atomic E-state index is 13.6. The highest BCUT2D eigenvalue weighted by atomic mass is 32.1. The van der Waals surface area contributed by atoms with Crippen LogP contribution in [0.15, 0.2) is 24.4 Å². The number of rotatable bonds is 6. The van der Waals surface area contributed by atoms with Crippen LogP contribution in [0.2, 0.25) is 0 Å². The summed E-state index contributed by atoms with van der Waals surface area (Å²) in [4.78, 5) is 7.31. The fraction of sp³-hybridized carbons (Fsp3) is 0.400. The van der Waals surface area contributed by atoms with Crippen LogP contribution in [0.25, 0.3) is 0 Å². The van der Waals surface area contributed by atoms with Gasteiger partial charge in [-0.1, -0.05) is 0 Å². The summed E-state index contributed by atoms with van der Waals surface area (Å²) < 4.78 is 26.7. The Labute approximate surface area is 126 Å². The highest BCUT2D eigenvalue weighted by Gasteiger charge is 2.16. The van der Waals surface area contributed by atoms with Gasteiger partial charge in [-0.15, -0.1) is 11.3 Å². The lowest BCUT2D eigenvalue weighted by atomic mass is 10.1. The van der Waals surface area contributed by atoms with Gasteiger partial charge in [0.15, 0.2) is 0 Å². The Morgan fingerprint density at radius 3 is 2.81 bits per heavy atom. The lowest BCUT2D eigenvalue weighted by molar-refractivity contribution is 0.123. The number of thiazole rings is 1. The van der Waals surface area contributed by atoms with E-state index in [4.69, 9.17) is 0 Å². The lowest BCUT2D eigenvalue weighted by Gasteiger charge is -2.20. The largest absolute Gasteiger partial charge is 0.387 e. The minimum atomic E-state index is -1.05. The van der Waals surface area contributed by atoms with Crippen molar-refractivity contribution in [3.05, 3.63) is 51.5 Å². The predicted molar refractivity (Wildman–Crippen MR) is 79.4 cm³/mol. The highest BCUT2D eigenvalue weighted by molar-refractivity contribution is 7.11. The molecule has 0 spiro atoms. The Kier molecular flexibility index (Phi) is 5.39. The average molecular weight is 312 g/mol. The zero-order valence-corrected chi connectivity index (χ0v) is 12.8. The zero-order chi connectivity index (χ0) is 15.4. The molecule has 1 aromatic heterocycles. The molecule has 1 atom stereocenters. The number of nitrogens with zero attached hydrogens (tertiary/aromatic N) is 2. The summed E-state index contributed by atoms with van der Waals surface area (Å²) in [6, 6.07) is 3.12. The molecule has 1 unspecified atom stereocenters. The van der Waals surface area contributed by atoms with Gasteiger partial charge in [0.05, 0.1) is 11.1 Å². The van der Waals surface area contributed by atoms with Gasteiger partial charge in [0.1, 0.15) is 11.6 Å².